The van der Waals surface area contributed by atoms with Crippen molar-refractivity contribution in [3.05, 3.63) is 30.6 Å². The van der Waals surface area contributed by atoms with E-state index in [9.17, 15) is 0 Å². The van der Waals surface area contributed by atoms with Crippen LogP contribution in [0.3, 0.4) is 0 Å². The summed E-state index contributed by atoms with van der Waals surface area (Å²) in [5, 5.41) is 29.5. The van der Waals surface area contributed by atoms with Crippen LogP contribution in [0.5, 0.6) is 0 Å². The molecule has 0 aromatic carbocycles. The summed E-state index contributed by atoms with van der Waals surface area (Å²) in [5.41, 5.74) is 0. The molecule has 0 aliphatic heterocycles. The van der Waals surface area contributed by atoms with E-state index >= 15 is 0 Å². The van der Waals surface area contributed by atoms with E-state index in [-0.39, 0.29) is 61.9 Å². The molecule has 0 saturated carbocycles. The Morgan fingerprint density at radius 2 is 0.667 bits per heavy atom. The minimum absolute atomic E-state index is 0. The average Bonchev–Trinajstić information content (AvgIpc) is 1.25. The van der Waals surface area contributed by atoms with Crippen LogP contribution in [0.4, 0.5) is 0 Å². The zero-order valence-electron chi connectivity index (χ0n) is 5.55. The molecule has 0 amide bonds. The number of hydrogen-bond donors (Lipinski definition) is 0. The zero-order valence-corrected chi connectivity index (χ0v) is 9.03. The van der Waals surface area contributed by atoms with Gasteiger partial charge in [0.2, 0.25) is 0 Å². The van der Waals surface area contributed by atoms with Gasteiger partial charge in [0.05, 0.1) is 10.2 Å². The van der Waals surface area contributed by atoms with Gasteiger partial charge in [-0.3, -0.25) is 0 Å². The van der Waals surface area contributed by atoms with Crippen molar-refractivity contribution in [3.8, 4) is 0 Å². The molecular weight excluding hydrogens is 260 g/mol. The maximum atomic E-state index is 8.25. The topological polar surface area (TPSA) is 227 Å². The standard InChI is InChI=1S/2NO3.3H2O.Sr/c2*2-1(3)4;;;;/h;;3*1H2;/q2*-1;;;;+2. The first kappa shape index (κ1) is 41.0. The molecule has 0 spiro atoms. The van der Waals surface area contributed by atoms with Crippen LogP contribution in [0, 0.1) is 30.6 Å². The molecule has 0 rings (SSSR count). The molecule has 12 heavy (non-hydrogen) atoms. The minimum atomic E-state index is -1.75. The molecule has 0 radical (unpaired) electrons. The fourth-order valence-electron chi connectivity index (χ4n) is 0. The molecule has 0 aliphatic carbocycles. The second-order valence-corrected chi connectivity index (χ2v) is 0.447. The molecule has 0 unspecified atom stereocenters. The predicted molar refractivity (Wildman–Crippen MR) is 37.3 cm³/mol. The van der Waals surface area contributed by atoms with Gasteiger partial charge in [0.15, 0.2) is 0 Å². The molecule has 0 saturated heterocycles. The third-order valence-electron chi connectivity index (χ3n) is 0. The van der Waals surface area contributed by atoms with Gasteiger partial charge < -0.3 is 47.1 Å². The summed E-state index contributed by atoms with van der Waals surface area (Å²) in [6.45, 7) is 0. The molecular formula is H6N2O9Sr. The van der Waals surface area contributed by atoms with E-state index in [4.69, 9.17) is 30.6 Å². The van der Waals surface area contributed by atoms with Crippen LogP contribution in [-0.2, 0) is 0 Å². The Morgan fingerprint density at radius 3 is 0.667 bits per heavy atom. The summed E-state index contributed by atoms with van der Waals surface area (Å²) in [4.78, 5) is 16.5. The quantitative estimate of drug-likeness (QED) is 0.247. The van der Waals surface area contributed by atoms with Crippen LogP contribution in [-0.4, -0.2) is 72.1 Å². The largest absolute Gasteiger partial charge is 2.00 e. The van der Waals surface area contributed by atoms with Crippen molar-refractivity contribution in [2.75, 3.05) is 0 Å². The Bertz CT molecular complexity index is 70.5. The summed E-state index contributed by atoms with van der Waals surface area (Å²) >= 11 is 0. The van der Waals surface area contributed by atoms with E-state index in [0.717, 1.165) is 0 Å². The maximum absolute atomic E-state index is 8.25. The van der Waals surface area contributed by atoms with Gasteiger partial charge in [-0.05, 0) is 0 Å². The second kappa shape index (κ2) is 30.9. The van der Waals surface area contributed by atoms with Crippen LogP contribution in [0.2, 0.25) is 0 Å². The van der Waals surface area contributed by atoms with Gasteiger partial charge in [-0.25, -0.2) is 0 Å². The fourth-order valence-corrected chi connectivity index (χ4v) is 0. The van der Waals surface area contributed by atoms with E-state index in [1.807, 2.05) is 0 Å². The molecule has 0 aliphatic rings. The average molecular weight is 266 g/mol. The Hall–Kier alpha value is -0.239. The molecule has 0 aromatic heterocycles. The van der Waals surface area contributed by atoms with E-state index in [0.29, 0.717) is 0 Å². The van der Waals surface area contributed by atoms with E-state index in [1.165, 1.54) is 0 Å². The summed E-state index contributed by atoms with van der Waals surface area (Å²) in [5.74, 6) is 0. The fraction of sp³-hybridized carbons (Fsp3) is 0. The number of rotatable bonds is 0. The Balaban J connectivity index is -0.0000000112. The van der Waals surface area contributed by atoms with Gasteiger partial charge in [0.25, 0.3) is 0 Å². The zero-order chi connectivity index (χ0) is 7.15. The second-order valence-electron chi connectivity index (χ2n) is 0.447. The third-order valence-corrected chi connectivity index (χ3v) is 0. The molecule has 0 atom stereocenters. The molecule has 6 N–H and O–H groups in total. The van der Waals surface area contributed by atoms with Gasteiger partial charge in [-0.15, -0.1) is 0 Å². The number of nitrogens with zero attached hydrogens (tertiary/aromatic N) is 2. The van der Waals surface area contributed by atoms with E-state index in [2.05, 4.69) is 0 Å². The van der Waals surface area contributed by atoms with Gasteiger partial charge in [0.1, 0.15) is 0 Å². The molecule has 0 heterocycles. The first-order valence-corrected chi connectivity index (χ1v) is 1.10. The summed E-state index contributed by atoms with van der Waals surface area (Å²) in [6.07, 6.45) is 0. The van der Waals surface area contributed by atoms with Crippen molar-refractivity contribution in [1.29, 1.82) is 0 Å². The molecule has 12 heteroatoms. The first-order valence-electron chi connectivity index (χ1n) is 1.10. The smallest absolute Gasteiger partial charge is 0.412 e. The van der Waals surface area contributed by atoms with Crippen LogP contribution in [0.25, 0.3) is 0 Å². The number of hydrogen-bond acceptors (Lipinski definition) is 6. The summed E-state index contributed by atoms with van der Waals surface area (Å²) < 4.78 is 0. The molecule has 0 aromatic rings. The van der Waals surface area contributed by atoms with Crippen molar-refractivity contribution >= 4 is 45.5 Å². The molecule has 72 valence electrons. The maximum Gasteiger partial charge on any atom is 2.00 e. The van der Waals surface area contributed by atoms with Crippen molar-refractivity contribution in [2.24, 2.45) is 0 Å². The van der Waals surface area contributed by atoms with Crippen LogP contribution < -0.4 is 0 Å². The van der Waals surface area contributed by atoms with Crippen molar-refractivity contribution in [1.82, 2.24) is 0 Å². The monoisotopic (exact) mass is 266 g/mol. The van der Waals surface area contributed by atoms with Gasteiger partial charge in [0, 0.05) is 0 Å². The van der Waals surface area contributed by atoms with Crippen molar-refractivity contribution in [3.63, 3.8) is 0 Å². The van der Waals surface area contributed by atoms with Gasteiger partial charge >= 0.3 is 45.5 Å². The van der Waals surface area contributed by atoms with Gasteiger partial charge in [-0.1, -0.05) is 0 Å². The third kappa shape index (κ3) is 13100. The normalized spacial score (nSPS) is 4.00. The summed E-state index contributed by atoms with van der Waals surface area (Å²) in [6, 6.07) is 0. The van der Waals surface area contributed by atoms with Gasteiger partial charge in [-0.2, -0.15) is 0 Å². The Kier molecular flexibility index (Phi) is 106. The van der Waals surface area contributed by atoms with Crippen molar-refractivity contribution in [2.45, 2.75) is 0 Å². The predicted octanol–water partition coefficient (Wildman–Crippen LogP) is -3.33. The van der Waals surface area contributed by atoms with Crippen LogP contribution in [0.15, 0.2) is 0 Å². The minimum Gasteiger partial charge on any atom is -0.412 e. The Labute approximate surface area is 102 Å². The van der Waals surface area contributed by atoms with Crippen LogP contribution >= 0.6 is 0 Å². The van der Waals surface area contributed by atoms with E-state index in [1.54, 1.807) is 0 Å². The van der Waals surface area contributed by atoms with Crippen LogP contribution in [0.1, 0.15) is 0 Å². The SMILES string of the molecule is O.O.O.O=[N+]([O-])[O-].O=[N+]([O-])[O-].[Sr+2]. The van der Waals surface area contributed by atoms with E-state index < -0.39 is 10.2 Å². The molecule has 0 bridgehead atoms. The Morgan fingerprint density at radius 1 is 0.667 bits per heavy atom. The summed E-state index contributed by atoms with van der Waals surface area (Å²) in [7, 11) is 0. The molecule has 11 nitrogen and oxygen atoms in total. The van der Waals surface area contributed by atoms with Crippen molar-refractivity contribution < 1.29 is 26.6 Å². The molecule has 0 fully saturated rings. The first-order chi connectivity index (χ1) is 3.46.